The Morgan fingerprint density at radius 2 is 1.79 bits per heavy atom. The van der Waals surface area contributed by atoms with Gasteiger partial charge in [-0.2, -0.15) is 0 Å². The molecule has 0 aromatic rings. The summed E-state index contributed by atoms with van der Waals surface area (Å²) in [4.78, 5) is 19.8. The van der Waals surface area contributed by atoms with E-state index in [1.807, 2.05) is 20.8 Å². The van der Waals surface area contributed by atoms with Gasteiger partial charge in [-0.05, 0) is 20.8 Å². The van der Waals surface area contributed by atoms with Crippen LogP contribution in [0.3, 0.4) is 0 Å². The molecule has 7 nitrogen and oxygen atoms in total. The first-order valence-electron chi connectivity index (χ1n) is 6.53. The van der Waals surface area contributed by atoms with E-state index in [9.17, 15) is 4.79 Å². The van der Waals surface area contributed by atoms with Crippen molar-refractivity contribution in [2.45, 2.75) is 26.4 Å². The summed E-state index contributed by atoms with van der Waals surface area (Å²) in [6.07, 6.45) is -0.239. The maximum atomic E-state index is 11.9. The minimum atomic E-state index is -0.443. The Morgan fingerprint density at radius 3 is 2.26 bits per heavy atom. The highest BCUT2D eigenvalue weighted by molar-refractivity contribution is 5.75. The van der Waals surface area contributed by atoms with Crippen LogP contribution in [0.15, 0.2) is 4.99 Å². The topological polar surface area (TPSA) is 97.2 Å². The largest absolute Gasteiger partial charge is 0.444 e. The zero-order chi connectivity index (χ0) is 14.5. The van der Waals surface area contributed by atoms with Crippen molar-refractivity contribution in [3.8, 4) is 0 Å². The van der Waals surface area contributed by atoms with Crippen molar-refractivity contribution < 1.29 is 9.53 Å². The lowest BCUT2D eigenvalue weighted by Crippen LogP contribution is -2.50. The van der Waals surface area contributed by atoms with Crippen LogP contribution in [-0.4, -0.2) is 66.7 Å². The summed E-state index contributed by atoms with van der Waals surface area (Å²) in [5.74, 6) is 0.118. The van der Waals surface area contributed by atoms with Gasteiger partial charge in [0.1, 0.15) is 5.60 Å². The highest BCUT2D eigenvalue weighted by Crippen LogP contribution is 2.11. The SMILES string of the molecule is CC(C)(C)OC(=O)N1CCN(CCN=C(N)N)CC1. The molecule has 4 N–H and O–H groups in total. The Kier molecular flexibility index (Phi) is 5.41. The molecule has 1 fully saturated rings. The summed E-state index contributed by atoms with van der Waals surface area (Å²) in [7, 11) is 0. The molecule has 0 atom stereocenters. The molecule has 110 valence electrons. The van der Waals surface area contributed by atoms with E-state index in [1.165, 1.54) is 0 Å². The molecule has 0 unspecified atom stereocenters. The van der Waals surface area contributed by atoms with Gasteiger partial charge in [-0.15, -0.1) is 0 Å². The van der Waals surface area contributed by atoms with Gasteiger partial charge in [0.25, 0.3) is 0 Å². The summed E-state index contributed by atoms with van der Waals surface area (Å²) >= 11 is 0. The Balaban J connectivity index is 2.29. The minimum Gasteiger partial charge on any atom is -0.444 e. The third-order valence-corrected chi connectivity index (χ3v) is 2.73. The number of nitrogens with zero attached hydrogens (tertiary/aromatic N) is 3. The van der Waals surface area contributed by atoms with Crippen LogP contribution in [0.2, 0.25) is 0 Å². The average molecular weight is 271 g/mol. The summed E-state index contributed by atoms with van der Waals surface area (Å²) < 4.78 is 5.34. The van der Waals surface area contributed by atoms with Crippen LogP contribution in [-0.2, 0) is 4.74 Å². The summed E-state index contributed by atoms with van der Waals surface area (Å²) in [6.45, 7) is 10.0. The molecule has 0 bridgehead atoms. The zero-order valence-corrected chi connectivity index (χ0v) is 12.1. The lowest BCUT2D eigenvalue weighted by Gasteiger charge is -2.35. The quantitative estimate of drug-likeness (QED) is 0.548. The summed E-state index contributed by atoms with van der Waals surface area (Å²) in [5, 5.41) is 0. The third kappa shape index (κ3) is 6.28. The highest BCUT2D eigenvalue weighted by atomic mass is 16.6. The van der Waals surface area contributed by atoms with E-state index in [0.29, 0.717) is 19.6 Å². The lowest BCUT2D eigenvalue weighted by molar-refractivity contribution is 0.0148. The van der Waals surface area contributed by atoms with Gasteiger partial charge >= 0.3 is 6.09 Å². The van der Waals surface area contributed by atoms with E-state index in [1.54, 1.807) is 4.90 Å². The van der Waals surface area contributed by atoms with Crippen molar-refractivity contribution in [2.24, 2.45) is 16.5 Å². The van der Waals surface area contributed by atoms with Gasteiger partial charge in [0.15, 0.2) is 5.96 Å². The van der Waals surface area contributed by atoms with E-state index >= 15 is 0 Å². The fraction of sp³-hybridized carbons (Fsp3) is 0.833. The first kappa shape index (κ1) is 15.6. The number of hydrogen-bond acceptors (Lipinski definition) is 4. The van der Waals surface area contributed by atoms with Gasteiger partial charge in [-0.3, -0.25) is 9.89 Å². The Morgan fingerprint density at radius 1 is 1.21 bits per heavy atom. The van der Waals surface area contributed by atoms with E-state index in [-0.39, 0.29) is 12.1 Å². The maximum absolute atomic E-state index is 11.9. The molecule has 1 heterocycles. The van der Waals surface area contributed by atoms with E-state index in [0.717, 1.165) is 19.6 Å². The number of ether oxygens (including phenoxy) is 1. The molecule has 19 heavy (non-hydrogen) atoms. The van der Waals surface area contributed by atoms with E-state index in [4.69, 9.17) is 16.2 Å². The number of aliphatic imine (C=N–C) groups is 1. The second-order valence-corrected chi connectivity index (χ2v) is 5.62. The smallest absolute Gasteiger partial charge is 0.410 e. The minimum absolute atomic E-state index is 0.118. The molecule has 0 aromatic carbocycles. The maximum Gasteiger partial charge on any atom is 0.410 e. The van der Waals surface area contributed by atoms with Crippen LogP contribution in [0.25, 0.3) is 0 Å². The molecule has 1 rings (SSSR count). The second kappa shape index (κ2) is 6.60. The average Bonchev–Trinajstić information content (AvgIpc) is 2.27. The van der Waals surface area contributed by atoms with Crippen LogP contribution >= 0.6 is 0 Å². The molecular formula is C12H25N5O2. The zero-order valence-electron chi connectivity index (χ0n) is 12.1. The van der Waals surface area contributed by atoms with Crippen molar-refractivity contribution in [1.82, 2.24) is 9.80 Å². The highest BCUT2D eigenvalue weighted by Gasteiger charge is 2.25. The molecule has 0 spiro atoms. The van der Waals surface area contributed by atoms with Crippen LogP contribution in [0.1, 0.15) is 20.8 Å². The number of guanidine groups is 1. The molecule has 1 saturated heterocycles. The number of rotatable bonds is 3. The first-order valence-corrected chi connectivity index (χ1v) is 6.53. The van der Waals surface area contributed by atoms with Crippen molar-refractivity contribution in [1.29, 1.82) is 0 Å². The molecule has 0 saturated carbocycles. The van der Waals surface area contributed by atoms with Gasteiger partial charge in [0.2, 0.25) is 0 Å². The van der Waals surface area contributed by atoms with Crippen LogP contribution in [0.4, 0.5) is 4.79 Å². The van der Waals surface area contributed by atoms with Crippen molar-refractivity contribution in [3.63, 3.8) is 0 Å². The molecule has 0 aromatic heterocycles. The molecular weight excluding hydrogens is 246 g/mol. The first-order chi connectivity index (χ1) is 8.78. The number of carbonyl (C=O) groups is 1. The molecule has 0 radical (unpaired) electrons. The molecule has 7 heteroatoms. The predicted molar refractivity (Wildman–Crippen MR) is 74.9 cm³/mol. The standard InChI is InChI=1S/C12H25N5O2/c1-12(2,3)19-11(18)17-8-6-16(7-9-17)5-4-15-10(13)14/h4-9H2,1-3H3,(H4,13,14,15). The second-order valence-electron chi connectivity index (χ2n) is 5.62. The van der Waals surface area contributed by atoms with Crippen molar-refractivity contribution >= 4 is 12.1 Å². The number of amides is 1. The van der Waals surface area contributed by atoms with Crippen molar-refractivity contribution in [2.75, 3.05) is 39.3 Å². The summed E-state index contributed by atoms with van der Waals surface area (Å²) in [6, 6.07) is 0. The molecule has 1 amide bonds. The number of nitrogens with two attached hydrogens (primary N) is 2. The van der Waals surface area contributed by atoms with Gasteiger partial charge in [-0.25, -0.2) is 4.79 Å². The summed E-state index contributed by atoms with van der Waals surface area (Å²) in [5.41, 5.74) is 10.1. The van der Waals surface area contributed by atoms with Crippen LogP contribution in [0.5, 0.6) is 0 Å². The van der Waals surface area contributed by atoms with Gasteiger partial charge in [-0.1, -0.05) is 0 Å². The number of piperazine rings is 1. The molecule has 1 aliphatic rings. The Labute approximate surface area is 114 Å². The fourth-order valence-corrected chi connectivity index (χ4v) is 1.80. The lowest BCUT2D eigenvalue weighted by atomic mass is 10.2. The predicted octanol–water partition coefficient (Wildman–Crippen LogP) is -0.187. The number of hydrogen-bond donors (Lipinski definition) is 2. The Hall–Kier alpha value is -1.50. The van der Waals surface area contributed by atoms with E-state index < -0.39 is 5.60 Å². The van der Waals surface area contributed by atoms with Crippen LogP contribution in [0, 0.1) is 0 Å². The number of carbonyl (C=O) groups excluding carboxylic acids is 1. The van der Waals surface area contributed by atoms with Crippen molar-refractivity contribution in [3.05, 3.63) is 0 Å². The fourth-order valence-electron chi connectivity index (χ4n) is 1.80. The van der Waals surface area contributed by atoms with Gasteiger partial charge in [0, 0.05) is 32.7 Å². The van der Waals surface area contributed by atoms with E-state index in [2.05, 4.69) is 9.89 Å². The molecule has 0 aliphatic carbocycles. The molecule has 1 aliphatic heterocycles. The van der Waals surface area contributed by atoms with Crippen LogP contribution < -0.4 is 11.5 Å². The third-order valence-electron chi connectivity index (χ3n) is 2.73. The van der Waals surface area contributed by atoms with Gasteiger partial charge in [0.05, 0.1) is 6.54 Å². The van der Waals surface area contributed by atoms with Gasteiger partial charge < -0.3 is 21.1 Å². The normalized spacial score (nSPS) is 17.1. The Bertz CT molecular complexity index is 326. The monoisotopic (exact) mass is 271 g/mol.